The van der Waals surface area contributed by atoms with Crippen molar-refractivity contribution in [1.29, 1.82) is 0 Å². The predicted octanol–water partition coefficient (Wildman–Crippen LogP) is 2.42. The standard InChI is InChI=1S/C12H16BrNO/c1-9(8-14-2)12(15)7-10-5-3-4-6-11(10)13/h3-6,9,14H,7-8H2,1-2H3. The first-order valence-corrected chi connectivity index (χ1v) is 5.85. The fourth-order valence-corrected chi connectivity index (χ4v) is 1.85. The molecule has 0 amide bonds. The number of nitrogens with one attached hydrogen (secondary N) is 1. The van der Waals surface area contributed by atoms with Gasteiger partial charge >= 0.3 is 0 Å². The Morgan fingerprint density at radius 3 is 2.73 bits per heavy atom. The van der Waals surface area contributed by atoms with Crippen LogP contribution in [0.2, 0.25) is 0 Å². The van der Waals surface area contributed by atoms with E-state index in [9.17, 15) is 4.79 Å². The molecule has 0 heterocycles. The molecule has 2 nitrogen and oxygen atoms in total. The maximum Gasteiger partial charge on any atom is 0.141 e. The third-order valence-corrected chi connectivity index (χ3v) is 3.16. The van der Waals surface area contributed by atoms with E-state index in [0.29, 0.717) is 6.42 Å². The van der Waals surface area contributed by atoms with Crippen molar-refractivity contribution in [2.75, 3.05) is 13.6 Å². The summed E-state index contributed by atoms with van der Waals surface area (Å²) in [4.78, 5) is 11.8. The molecule has 0 aliphatic heterocycles. The van der Waals surface area contributed by atoms with E-state index in [1.54, 1.807) is 0 Å². The van der Waals surface area contributed by atoms with Crippen molar-refractivity contribution < 1.29 is 4.79 Å². The zero-order valence-corrected chi connectivity index (χ0v) is 10.7. The van der Waals surface area contributed by atoms with Crippen LogP contribution >= 0.6 is 15.9 Å². The molecule has 82 valence electrons. The Labute approximate surface area is 99.2 Å². The van der Waals surface area contributed by atoms with Crippen molar-refractivity contribution in [2.45, 2.75) is 13.3 Å². The third-order valence-electron chi connectivity index (χ3n) is 2.38. The summed E-state index contributed by atoms with van der Waals surface area (Å²) >= 11 is 3.45. The molecule has 0 bridgehead atoms. The molecule has 0 aliphatic rings. The zero-order valence-electron chi connectivity index (χ0n) is 9.09. The Hall–Kier alpha value is -0.670. The Balaban J connectivity index is 2.62. The first-order valence-electron chi connectivity index (χ1n) is 5.06. The summed E-state index contributed by atoms with van der Waals surface area (Å²) < 4.78 is 1.01. The molecule has 0 spiro atoms. The van der Waals surface area contributed by atoms with E-state index in [4.69, 9.17) is 0 Å². The first-order chi connectivity index (χ1) is 7.15. The number of hydrogen-bond donors (Lipinski definition) is 1. The molecule has 0 radical (unpaired) electrons. The largest absolute Gasteiger partial charge is 0.319 e. The Bertz CT molecular complexity index is 338. The molecule has 0 aromatic heterocycles. The topological polar surface area (TPSA) is 29.1 Å². The van der Waals surface area contributed by atoms with Gasteiger partial charge in [0.25, 0.3) is 0 Å². The van der Waals surface area contributed by atoms with Gasteiger partial charge in [-0.2, -0.15) is 0 Å². The highest BCUT2D eigenvalue weighted by atomic mass is 79.9. The summed E-state index contributed by atoms with van der Waals surface area (Å²) in [5.41, 5.74) is 1.06. The van der Waals surface area contributed by atoms with Crippen LogP contribution in [-0.2, 0) is 11.2 Å². The highest BCUT2D eigenvalue weighted by Gasteiger charge is 2.13. The number of benzene rings is 1. The van der Waals surface area contributed by atoms with Crippen LogP contribution in [0, 0.1) is 5.92 Å². The van der Waals surface area contributed by atoms with Gasteiger partial charge in [0.1, 0.15) is 5.78 Å². The molecule has 0 fully saturated rings. The third kappa shape index (κ3) is 3.76. The Morgan fingerprint density at radius 2 is 2.13 bits per heavy atom. The summed E-state index contributed by atoms with van der Waals surface area (Å²) in [5, 5.41) is 3.02. The second kappa shape index (κ2) is 6.03. The summed E-state index contributed by atoms with van der Waals surface area (Å²) in [7, 11) is 1.86. The van der Waals surface area contributed by atoms with E-state index in [0.717, 1.165) is 16.6 Å². The van der Waals surface area contributed by atoms with Gasteiger partial charge in [0.2, 0.25) is 0 Å². The molecule has 1 atom stereocenters. The molecule has 15 heavy (non-hydrogen) atoms. The van der Waals surface area contributed by atoms with E-state index in [1.807, 2.05) is 38.2 Å². The van der Waals surface area contributed by atoms with Crippen LogP contribution in [0.15, 0.2) is 28.7 Å². The van der Waals surface area contributed by atoms with Gasteiger partial charge in [-0.1, -0.05) is 41.1 Å². The van der Waals surface area contributed by atoms with E-state index in [-0.39, 0.29) is 11.7 Å². The molecule has 0 aliphatic carbocycles. The smallest absolute Gasteiger partial charge is 0.141 e. The fraction of sp³-hybridized carbons (Fsp3) is 0.417. The number of carbonyl (C=O) groups is 1. The van der Waals surface area contributed by atoms with Gasteiger partial charge in [-0.05, 0) is 18.7 Å². The maximum absolute atomic E-state index is 11.8. The van der Waals surface area contributed by atoms with Gasteiger partial charge in [0.05, 0.1) is 0 Å². The van der Waals surface area contributed by atoms with Crippen LogP contribution in [0.1, 0.15) is 12.5 Å². The molecule has 1 rings (SSSR count). The SMILES string of the molecule is CNCC(C)C(=O)Cc1ccccc1Br. The Kier molecular flexibility index (Phi) is 4.99. The van der Waals surface area contributed by atoms with Crippen molar-refractivity contribution in [3.8, 4) is 0 Å². The first kappa shape index (κ1) is 12.4. The van der Waals surface area contributed by atoms with Crippen LogP contribution in [0.3, 0.4) is 0 Å². The van der Waals surface area contributed by atoms with Gasteiger partial charge in [-0.3, -0.25) is 4.79 Å². The van der Waals surface area contributed by atoms with Crippen LogP contribution in [0.5, 0.6) is 0 Å². The molecule has 0 saturated heterocycles. The lowest BCUT2D eigenvalue weighted by atomic mass is 9.99. The van der Waals surface area contributed by atoms with Gasteiger partial charge in [0.15, 0.2) is 0 Å². The average Bonchev–Trinajstić information content (AvgIpc) is 2.21. The molecule has 1 unspecified atom stereocenters. The Morgan fingerprint density at radius 1 is 1.47 bits per heavy atom. The number of hydrogen-bond acceptors (Lipinski definition) is 2. The van der Waals surface area contributed by atoms with Crippen molar-refractivity contribution >= 4 is 21.7 Å². The number of rotatable bonds is 5. The van der Waals surface area contributed by atoms with E-state index in [2.05, 4.69) is 21.2 Å². The monoisotopic (exact) mass is 269 g/mol. The molecular formula is C12H16BrNO. The van der Waals surface area contributed by atoms with Crippen molar-refractivity contribution in [3.05, 3.63) is 34.3 Å². The summed E-state index contributed by atoms with van der Waals surface area (Å²) in [6.45, 7) is 2.69. The lowest BCUT2D eigenvalue weighted by molar-refractivity contribution is -0.121. The summed E-state index contributed by atoms with van der Waals surface area (Å²) in [5.74, 6) is 0.346. The highest BCUT2D eigenvalue weighted by molar-refractivity contribution is 9.10. The maximum atomic E-state index is 11.8. The van der Waals surface area contributed by atoms with E-state index < -0.39 is 0 Å². The predicted molar refractivity (Wildman–Crippen MR) is 65.9 cm³/mol. The van der Waals surface area contributed by atoms with Gasteiger partial charge in [-0.15, -0.1) is 0 Å². The van der Waals surface area contributed by atoms with Gasteiger partial charge < -0.3 is 5.32 Å². The quantitative estimate of drug-likeness (QED) is 0.890. The van der Waals surface area contributed by atoms with Crippen LogP contribution < -0.4 is 5.32 Å². The lowest BCUT2D eigenvalue weighted by Crippen LogP contribution is -2.24. The summed E-state index contributed by atoms with van der Waals surface area (Å²) in [6.07, 6.45) is 0.504. The number of halogens is 1. The summed E-state index contributed by atoms with van der Waals surface area (Å²) in [6, 6.07) is 7.85. The van der Waals surface area contributed by atoms with Gasteiger partial charge in [0, 0.05) is 23.4 Å². The van der Waals surface area contributed by atoms with Crippen molar-refractivity contribution in [2.24, 2.45) is 5.92 Å². The fourth-order valence-electron chi connectivity index (χ4n) is 1.42. The minimum Gasteiger partial charge on any atom is -0.319 e. The van der Waals surface area contributed by atoms with Crippen LogP contribution in [-0.4, -0.2) is 19.4 Å². The van der Waals surface area contributed by atoms with Gasteiger partial charge in [-0.25, -0.2) is 0 Å². The molecule has 0 saturated carbocycles. The minimum absolute atomic E-state index is 0.0714. The van der Waals surface area contributed by atoms with Crippen LogP contribution in [0.4, 0.5) is 0 Å². The van der Waals surface area contributed by atoms with E-state index >= 15 is 0 Å². The zero-order chi connectivity index (χ0) is 11.3. The number of carbonyl (C=O) groups excluding carboxylic acids is 1. The second-order valence-corrected chi connectivity index (χ2v) is 4.55. The van der Waals surface area contributed by atoms with Crippen molar-refractivity contribution in [3.63, 3.8) is 0 Å². The average molecular weight is 270 g/mol. The molecule has 3 heteroatoms. The molecular weight excluding hydrogens is 254 g/mol. The van der Waals surface area contributed by atoms with Crippen LogP contribution in [0.25, 0.3) is 0 Å². The van der Waals surface area contributed by atoms with E-state index in [1.165, 1.54) is 0 Å². The number of ketones is 1. The van der Waals surface area contributed by atoms with Crippen molar-refractivity contribution in [1.82, 2.24) is 5.32 Å². The molecule has 1 N–H and O–H groups in total. The highest BCUT2D eigenvalue weighted by Crippen LogP contribution is 2.17. The lowest BCUT2D eigenvalue weighted by Gasteiger charge is -2.10. The minimum atomic E-state index is 0.0714. The number of Topliss-reactive ketones (excluding diaryl/α,β-unsaturated/α-hetero) is 1. The molecule has 1 aromatic rings. The molecule has 1 aromatic carbocycles. The second-order valence-electron chi connectivity index (χ2n) is 3.69. The normalized spacial score (nSPS) is 12.5.